The van der Waals surface area contributed by atoms with E-state index < -0.39 is 23.6 Å². The van der Waals surface area contributed by atoms with Crippen LogP contribution >= 0.6 is 11.6 Å². The zero-order valence-corrected chi connectivity index (χ0v) is 21.6. The summed E-state index contributed by atoms with van der Waals surface area (Å²) in [5.41, 5.74) is 0.126. The van der Waals surface area contributed by atoms with Crippen LogP contribution in [0.15, 0.2) is 60.8 Å². The lowest BCUT2D eigenvalue weighted by Gasteiger charge is -2.32. The second-order valence-corrected chi connectivity index (χ2v) is 10.5. The van der Waals surface area contributed by atoms with E-state index in [2.05, 4.69) is 10.3 Å². The van der Waals surface area contributed by atoms with Crippen LogP contribution in [0.3, 0.4) is 0 Å². The van der Waals surface area contributed by atoms with E-state index in [-0.39, 0.29) is 28.5 Å². The van der Waals surface area contributed by atoms with E-state index >= 15 is 0 Å². The number of aryl methyl sites for hydroxylation is 1. The summed E-state index contributed by atoms with van der Waals surface area (Å²) in [6.07, 6.45) is 0.955. The average Bonchev–Trinajstić information content (AvgIpc) is 3.12. The molecule has 1 fully saturated rings. The number of aromatic nitrogens is 1. The summed E-state index contributed by atoms with van der Waals surface area (Å²) >= 11 is 5.89. The predicted octanol–water partition coefficient (Wildman–Crippen LogP) is 5.55. The molecule has 5 rings (SSSR count). The van der Waals surface area contributed by atoms with Gasteiger partial charge in [-0.1, -0.05) is 54.1 Å². The van der Waals surface area contributed by atoms with Crippen molar-refractivity contribution in [3.8, 4) is 0 Å². The van der Waals surface area contributed by atoms with Crippen LogP contribution in [0.5, 0.6) is 0 Å². The van der Waals surface area contributed by atoms with E-state index in [4.69, 9.17) is 11.6 Å². The first-order chi connectivity index (χ1) is 18.2. The van der Waals surface area contributed by atoms with E-state index in [1.165, 1.54) is 6.07 Å². The lowest BCUT2D eigenvalue weighted by atomic mass is 9.84. The molecule has 1 aliphatic heterocycles. The third-order valence-corrected chi connectivity index (χ3v) is 7.84. The Labute approximate surface area is 224 Å². The summed E-state index contributed by atoms with van der Waals surface area (Å²) in [4.78, 5) is 31.8. The quantitative estimate of drug-likeness (QED) is 0.430. The highest BCUT2D eigenvalue weighted by Gasteiger charge is 2.51. The van der Waals surface area contributed by atoms with Gasteiger partial charge < -0.3 is 15.3 Å². The normalized spacial score (nSPS) is 23.0. The van der Waals surface area contributed by atoms with Gasteiger partial charge in [0.05, 0.1) is 16.3 Å². The number of anilines is 1. The number of benzene rings is 2. The molecule has 1 aromatic heterocycles. The Bertz CT molecular complexity index is 1380. The van der Waals surface area contributed by atoms with Crippen LogP contribution < -0.4 is 10.2 Å². The zero-order valence-electron chi connectivity index (χ0n) is 20.8. The lowest BCUT2D eigenvalue weighted by molar-refractivity contribution is -0.132. The minimum Gasteiger partial charge on any atom is -0.372 e. The fourth-order valence-electron chi connectivity index (χ4n) is 5.67. The molecule has 2 aliphatic rings. The van der Waals surface area contributed by atoms with Crippen LogP contribution in [0.4, 0.5) is 14.5 Å². The van der Waals surface area contributed by atoms with Crippen LogP contribution in [0.1, 0.15) is 64.9 Å². The van der Waals surface area contributed by atoms with Crippen LogP contribution in [0.2, 0.25) is 5.02 Å². The number of nitrogens with zero attached hydrogens (tertiary/aromatic N) is 2. The molecule has 3 aromatic rings. The number of amides is 2. The molecule has 1 saturated carbocycles. The fourth-order valence-corrected chi connectivity index (χ4v) is 5.83. The second kappa shape index (κ2) is 10.4. The van der Waals surface area contributed by atoms with Crippen molar-refractivity contribution in [1.82, 2.24) is 10.3 Å². The van der Waals surface area contributed by atoms with Crippen LogP contribution in [-0.2, 0) is 10.4 Å². The molecule has 0 bridgehead atoms. The molecule has 2 N–H and O–H groups in total. The third-order valence-electron chi connectivity index (χ3n) is 7.63. The highest BCUT2D eigenvalue weighted by molar-refractivity contribution is 6.30. The smallest absolute Gasteiger partial charge is 0.281 e. The van der Waals surface area contributed by atoms with E-state index in [0.717, 1.165) is 24.6 Å². The number of pyridine rings is 1. The Morgan fingerprint density at radius 1 is 1.13 bits per heavy atom. The number of hydrogen-bond donors (Lipinski definition) is 2. The molecule has 1 atom stereocenters. The molecule has 2 heterocycles. The third kappa shape index (κ3) is 4.67. The number of carbonyl (C=O) groups excluding carboxylic acids is 2. The van der Waals surface area contributed by atoms with Crippen molar-refractivity contribution in [3.05, 3.63) is 93.8 Å². The van der Waals surface area contributed by atoms with Gasteiger partial charge in [0.1, 0.15) is 5.69 Å². The maximum atomic E-state index is 13.7. The molecular formula is C29H28ClF2N3O3. The van der Waals surface area contributed by atoms with Gasteiger partial charge in [0.15, 0.2) is 5.60 Å². The number of alkyl halides is 2. The molecule has 2 aromatic carbocycles. The van der Waals surface area contributed by atoms with Gasteiger partial charge in [0.25, 0.3) is 18.2 Å². The Hall–Kier alpha value is -3.36. The summed E-state index contributed by atoms with van der Waals surface area (Å²) in [5, 5.41) is 14.7. The number of fused-ring (bicyclic) bond motifs is 1. The molecule has 9 heteroatoms. The van der Waals surface area contributed by atoms with Gasteiger partial charge >= 0.3 is 0 Å². The monoisotopic (exact) mass is 539 g/mol. The van der Waals surface area contributed by atoms with Gasteiger partial charge in [-0.25, -0.2) is 8.78 Å². The molecule has 0 radical (unpaired) electrons. The highest BCUT2D eigenvalue weighted by atomic mass is 35.5. The van der Waals surface area contributed by atoms with Crippen LogP contribution in [-0.4, -0.2) is 34.5 Å². The van der Waals surface area contributed by atoms with Gasteiger partial charge in [0.2, 0.25) is 0 Å². The minimum atomic E-state index is -2.89. The molecule has 0 spiro atoms. The highest BCUT2D eigenvalue weighted by Crippen LogP contribution is 2.46. The molecule has 1 unspecified atom stereocenters. The lowest BCUT2D eigenvalue weighted by Crippen LogP contribution is -2.44. The van der Waals surface area contributed by atoms with Crippen LogP contribution in [0, 0.1) is 12.8 Å². The Morgan fingerprint density at radius 2 is 1.79 bits per heavy atom. The van der Waals surface area contributed by atoms with Gasteiger partial charge in [-0.3, -0.25) is 14.6 Å². The standard InChI is InChI=1S/C29H28ClF2N3O3/c1-17-6-2-3-7-22(17)29(38)23-8-4-5-9-24(23)35(28(29)37)16-18-10-12-20(13-11-18)34-27(36)21-14-19(30)15-33-25(21)26(31)32/h2-9,14-15,18,20,26,38H,10-13,16H2,1H3,(H,34,36)/t18-,20-,29?. The van der Waals surface area contributed by atoms with Crippen LogP contribution in [0.25, 0.3) is 0 Å². The summed E-state index contributed by atoms with van der Waals surface area (Å²) in [5.74, 6) is -0.828. The van der Waals surface area contributed by atoms with Crippen molar-refractivity contribution in [3.63, 3.8) is 0 Å². The molecule has 0 saturated heterocycles. The molecular weight excluding hydrogens is 512 g/mol. The van der Waals surface area contributed by atoms with Gasteiger partial charge in [0, 0.05) is 29.9 Å². The van der Waals surface area contributed by atoms with Crippen molar-refractivity contribution >= 4 is 29.1 Å². The molecule has 2 amide bonds. The molecule has 38 heavy (non-hydrogen) atoms. The number of rotatable bonds is 6. The van der Waals surface area contributed by atoms with Crippen molar-refractivity contribution in [2.45, 2.75) is 50.7 Å². The van der Waals surface area contributed by atoms with E-state index in [0.29, 0.717) is 36.2 Å². The summed E-state index contributed by atoms with van der Waals surface area (Å²) < 4.78 is 26.7. The first-order valence-corrected chi connectivity index (χ1v) is 13.0. The van der Waals surface area contributed by atoms with Gasteiger partial charge in [-0.2, -0.15) is 0 Å². The SMILES string of the molecule is Cc1ccccc1C1(O)C(=O)N(C[C@H]2CC[C@H](NC(=O)c3cc(Cl)cnc3C(F)F)CC2)c2ccccc21. The summed E-state index contributed by atoms with van der Waals surface area (Å²) in [6, 6.07) is 15.7. The molecule has 1 aliphatic carbocycles. The maximum absolute atomic E-state index is 13.7. The van der Waals surface area contributed by atoms with E-state index in [1.54, 1.807) is 17.0 Å². The summed E-state index contributed by atoms with van der Waals surface area (Å²) in [7, 11) is 0. The average molecular weight is 540 g/mol. The van der Waals surface area contributed by atoms with E-state index in [9.17, 15) is 23.5 Å². The number of nitrogens with one attached hydrogen (secondary N) is 1. The number of para-hydroxylation sites is 1. The minimum absolute atomic E-state index is 0.115. The fraction of sp³-hybridized carbons (Fsp3) is 0.345. The summed E-state index contributed by atoms with van der Waals surface area (Å²) in [6.45, 7) is 2.32. The number of hydrogen-bond acceptors (Lipinski definition) is 4. The zero-order chi connectivity index (χ0) is 27.0. The van der Waals surface area contributed by atoms with Crippen molar-refractivity contribution < 1.29 is 23.5 Å². The topological polar surface area (TPSA) is 82.5 Å². The second-order valence-electron chi connectivity index (χ2n) is 10.0. The van der Waals surface area contributed by atoms with E-state index in [1.807, 2.05) is 43.3 Å². The first kappa shape index (κ1) is 26.3. The first-order valence-electron chi connectivity index (χ1n) is 12.6. The number of aliphatic hydroxyl groups is 1. The molecule has 198 valence electrons. The number of carbonyl (C=O) groups is 2. The molecule has 6 nitrogen and oxygen atoms in total. The maximum Gasteiger partial charge on any atom is 0.281 e. The van der Waals surface area contributed by atoms with Crippen molar-refractivity contribution in [2.24, 2.45) is 5.92 Å². The van der Waals surface area contributed by atoms with Gasteiger partial charge in [-0.05, 0) is 56.2 Å². The Balaban J connectivity index is 1.27. The predicted molar refractivity (Wildman–Crippen MR) is 140 cm³/mol. The largest absolute Gasteiger partial charge is 0.372 e. The van der Waals surface area contributed by atoms with Crippen molar-refractivity contribution in [2.75, 3.05) is 11.4 Å². The van der Waals surface area contributed by atoms with Gasteiger partial charge in [-0.15, -0.1) is 0 Å². The Morgan fingerprint density at radius 3 is 2.47 bits per heavy atom. The Kier molecular flexibility index (Phi) is 7.20. The van der Waals surface area contributed by atoms with Crippen molar-refractivity contribution in [1.29, 1.82) is 0 Å². The number of halogens is 3.